The highest BCUT2D eigenvalue weighted by atomic mass is 32.2. The fourth-order valence-electron chi connectivity index (χ4n) is 3.90. The molecular weight excluding hydrogens is 490 g/mol. The summed E-state index contributed by atoms with van der Waals surface area (Å²) >= 11 is 0. The lowest BCUT2D eigenvalue weighted by atomic mass is 10.1. The van der Waals surface area contributed by atoms with E-state index in [0.717, 1.165) is 23.1 Å². The summed E-state index contributed by atoms with van der Waals surface area (Å²) in [5, 5.41) is 2.95. The average molecular weight is 532 g/mol. The molecule has 2 aromatic carbocycles. The van der Waals surface area contributed by atoms with Gasteiger partial charge in [-0.1, -0.05) is 25.1 Å². The molecule has 0 aliphatic rings. The quantitative estimate of drug-likeness (QED) is 0.418. The number of carbonyl (C=O) groups is 2. The van der Waals surface area contributed by atoms with Crippen LogP contribution in [0.25, 0.3) is 0 Å². The van der Waals surface area contributed by atoms with Crippen molar-refractivity contribution in [1.82, 2.24) is 10.2 Å². The van der Waals surface area contributed by atoms with E-state index in [1.54, 1.807) is 25.0 Å². The Morgan fingerprint density at radius 3 is 2.35 bits per heavy atom. The minimum absolute atomic E-state index is 0.00925. The summed E-state index contributed by atoms with van der Waals surface area (Å²) in [7, 11) is -1.96. The highest BCUT2D eigenvalue weighted by Crippen LogP contribution is 2.22. The van der Waals surface area contributed by atoms with E-state index < -0.39 is 16.1 Å². The van der Waals surface area contributed by atoms with Crippen LogP contribution in [0.5, 0.6) is 5.75 Å². The van der Waals surface area contributed by atoms with Gasteiger partial charge in [-0.2, -0.15) is 0 Å². The van der Waals surface area contributed by atoms with Gasteiger partial charge in [0.1, 0.15) is 11.8 Å². The molecule has 0 fully saturated rings. The summed E-state index contributed by atoms with van der Waals surface area (Å²) < 4.78 is 31.7. The van der Waals surface area contributed by atoms with E-state index in [2.05, 4.69) is 5.32 Å². The van der Waals surface area contributed by atoms with Crippen LogP contribution in [0, 0.1) is 13.8 Å². The van der Waals surface area contributed by atoms with Gasteiger partial charge in [-0.15, -0.1) is 0 Å². The van der Waals surface area contributed by atoms with Crippen molar-refractivity contribution in [1.29, 1.82) is 0 Å². The first-order chi connectivity index (χ1) is 17.4. The lowest BCUT2D eigenvalue weighted by Crippen LogP contribution is -2.49. The topological polar surface area (TPSA) is 96.0 Å². The molecule has 8 nitrogen and oxygen atoms in total. The second-order valence-electron chi connectivity index (χ2n) is 9.57. The number of carbonyl (C=O) groups excluding carboxylic acids is 2. The second kappa shape index (κ2) is 13.5. The molecule has 2 rings (SSSR count). The Bertz CT molecular complexity index is 1180. The predicted molar refractivity (Wildman–Crippen MR) is 148 cm³/mol. The van der Waals surface area contributed by atoms with Crippen molar-refractivity contribution < 1.29 is 22.7 Å². The summed E-state index contributed by atoms with van der Waals surface area (Å²) in [5.74, 6) is 0.223. The predicted octanol–water partition coefficient (Wildman–Crippen LogP) is 4.19. The minimum atomic E-state index is -3.54. The Morgan fingerprint density at radius 1 is 1.05 bits per heavy atom. The number of methoxy groups -OCH3 is 1. The zero-order chi connectivity index (χ0) is 27.8. The van der Waals surface area contributed by atoms with E-state index in [0.29, 0.717) is 17.9 Å². The molecule has 0 radical (unpaired) electrons. The van der Waals surface area contributed by atoms with Crippen LogP contribution in [0.3, 0.4) is 0 Å². The lowest BCUT2D eigenvalue weighted by molar-refractivity contribution is -0.140. The maximum Gasteiger partial charge on any atom is 0.242 e. The number of rotatable bonds is 13. The van der Waals surface area contributed by atoms with Crippen LogP contribution in [0.2, 0.25) is 0 Å². The average Bonchev–Trinajstić information content (AvgIpc) is 2.85. The van der Waals surface area contributed by atoms with Gasteiger partial charge >= 0.3 is 0 Å². The van der Waals surface area contributed by atoms with Gasteiger partial charge < -0.3 is 15.0 Å². The Kier molecular flexibility index (Phi) is 11.0. The third-order valence-electron chi connectivity index (χ3n) is 6.59. The first-order valence-electron chi connectivity index (χ1n) is 12.6. The lowest BCUT2D eigenvalue weighted by Gasteiger charge is -2.30. The highest BCUT2D eigenvalue weighted by Gasteiger charge is 2.27. The number of aryl methyl sites for hydroxylation is 2. The number of hydrogen-bond donors (Lipinski definition) is 1. The Labute approximate surface area is 222 Å². The zero-order valence-electron chi connectivity index (χ0n) is 23.1. The van der Waals surface area contributed by atoms with Gasteiger partial charge in [-0.25, -0.2) is 8.42 Å². The molecule has 2 amide bonds. The fraction of sp³-hybridized carbons (Fsp3) is 0.500. The SMILES string of the molecule is CC[C@@H](C)NC(=O)[C@@H](C)N(Cc1cccc(OC)c1)C(=O)CCCN(c1ccc(C)c(C)c1)S(C)(=O)=O. The Hall–Kier alpha value is -3.07. The van der Waals surface area contributed by atoms with E-state index in [-0.39, 0.29) is 37.4 Å². The van der Waals surface area contributed by atoms with E-state index in [9.17, 15) is 18.0 Å². The first kappa shape index (κ1) is 30.2. The number of anilines is 1. The number of benzene rings is 2. The van der Waals surface area contributed by atoms with E-state index in [4.69, 9.17) is 4.74 Å². The molecule has 0 aromatic heterocycles. The van der Waals surface area contributed by atoms with Gasteiger partial charge in [0.05, 0.1) is 19.1 Å². The molecule has 0 aliphatic heterocycles. The summed E-state index contributed by atoms with van der Waals surface area (Å²) in [5.41, 5.74) is 3.48. The van der Waals surface area contributed by atoms with Crippen LogP contribution in [0.4, 0.5) is 5.69 Å². The van der Waals surface area contributed by atoms with Crippen molar-refractivity contribution in [3.8, 4) is 5.75 Å². The van der Waals surface area contributed by atoms with E-state index in [1.807, 2.05) is 64.1 Å². The van der Waals surface area contributed by atoms with Gasteiger partial charge in [0.15, 0.2) is 0 Å². The highest BCUT2D eigenvalue weighted by molar-refractivity contribution is 7.92. The molecular formula is C28H41N3O5S. The molecule has 0 spiro atoms. The number of sulfonamides is 1. The van der Waals surface area contributed by atoms with Crippen LogP contribution < -0.4 is 14.4 Å². The van der Waals surface area contributed by atoms with Crippen LogP contribution in [0.15, 0.2) is 42.5 Å². The van der Waals surface area contributed by atoms with Crippen molar-refractivity contribution in [2.45, 2.75) is 72.5 Å². The largest absolute Gasteiger partial charge is 0.497 e. The minimum Gasteiger partial charge on any atom is -0.497 e. The smallest absolute Gasteiger partial charge is 0.242 e. The molecule has 1 N–H and O–H groups in total. The van der Waals surface area contributed by atoms with Gasteiger partial charge in [0.25, 0.3) is 0 Å². The Morgan fingerprint density at radius 2 is 1.76 bits per heavy atom. The standard InChI is InChI=1S/C28H41N3O5S/c1-8-22(4)29-28(33)23(5)30(19-24-11-9-12-26(18-24)36-6)27(32)13-10-16-31(37(7,34)35)25-15-14-20(2)21(3)17-25/h9,11-12,14-15,17-18,22-23H,8,10,13,16,19H2,1-7H3,(H,29,33)/t22-,23-/m1/s1. The summed E-state index contributed by atoms with van der Waals surface area (Å²) in [6.07, 6.45) is 2.36. The molecule has 0 bridgehead atoms. The van der Waals surface area contributed by atoms with Crippen molar-refractivity contribution in [3.63, 3.8) is 0 Å². The molecule has 9 heteroatoms. The number of amides is 2. The first-order valence-corrected chi connectivity index (χ1v) is 14.5. The molecule has 0 unspecified atom stereocenters. The van der Waals surface area contributed by atoms with Gasteiger partial charge in [-0.3, -0.25) is 13.9 Å². The van der Waals surface area contributed by atoms with Gasteiger partial charge in [0.2, 0.25) is 21.8 Å². The molecule has 37 heavy (non-hydrogen) atoms. The summed E-state index contributed by atoms with van der Waals surface area (Å²) in [6, 6.07) is 12.2. The summed E-state index contributed by atoms with van der Waals surface area (Å²) in [4.78, 5) is 27.9. The molecule has 2 aromatic rings. The molecule has 0 saturated carbocycles. The molecule has 2 atom stereocenters. The second-order valence-corrected chi connectivity index (χ2v) is 11.5. The number of ether oxygens (including phenoxy) is 1. The zero-order valence-corrected chi connectivity index (χ0v) is 23.9. The van der Waals surface area contributed by atoms with Gasteiger partial charge in [-0.05, 0) is 81.5 Å². The maximum absolute atomic E-state index is 13.4. The number of nitrogens with one attached hydrogen (secondary N) is 1. The maximum atomic E-state index is 13.4. The van der Waals surface area contributed by atoms with Crippen molar-refractivity contribution in [3.05, 3.63) is 59.2 Å². The van der Waals surface area contributed by atoms with Crippen LogP contribution in [-0.2, 0) is 26.2 Å². The van der Waals surface area contributed by atoms with E-state index >= 15 is 0 Å². The molecule has 204 valence electrons. The normalized spacial score (nSPS) is 12.9. The van der Waals surface area contributed by atoms with Crippen LogP contribution >= 0.6 is 0 Å². The van der Waals surface area contributed by atoms with E-state index in [1.165, 1.54) is 10.6 Å². The molecule has 0 aliphatic carbocycles. The molecule has 0 heterocycles. The van der Waals surface area contributed by atoms with Crippen LogP contribution in [0.1, 0.15) is 56.7 Å². The fourth-order valence-corrected chi connectivity index (χ4v) is 4.86. The Balaban J connectivity index is 2.21. The number of nitrogens with zero attached hydrogens (tertiary/aromatic N) is 2. The monoisotopic (exact) mass is 531 g/mol. The molecule has 0 saturated heterocycles. The van der Waals surface area contributed by atoms with Crippen LogP contribution in [-0.4, -0.2) is 57.1 Å². The third kappa shape index (κ3) is 8.77. The third-order valence-corrected chi connectivity index (χ3v) is 7.78. The number of hydrogen-bond acceptors (Lipinski definition) is 5. The van der Waals surface area contributed by atoms with Crippen molar-refractivity contribution >= 4 is 27.5 Å². The van der Waals surface area contributed by atoms with Crippen molar-refractivity contribution in [2.24, 2.45) is 0 Å². The van der Waals surface area contributed by atoms with Crippen molar-refractivity contribution in [2.75, 3.05) is 24.2 Å². The van der Waals surface area contributed by atoms with Gasteiger partial charge in [0, 0.05) is 25.6 Å². The summed E-state index contributed by atoms with van der Waals surface area (Å²) in [6.45, 7) is 9.92.